The maximum absolute atomic E-state index is 13.6. The average Bonchev–Trinajstić information content (AvgIpc) is 2.67. The molecule has 1 fully saturated rings. The van der Waals surface area contributed by atoms with Gasteiger partial charge in [-0.05, 0) is 44.4 Å². The molecule has 0 bridgehead atoms. The molecule has 2 N–H and O–H groups in total. The van der Waals surface area contributed by atoms with Crippen LogP contribution in [0.3, 0.4) is 0 Å². The Labute approximate surface area is 154 Å². The molecule has 9 heteroatoms. The zero-order chi connectivity index (χ0) is 19.4. The summed E-state index contributed by atoms with van der Waals surface area (Å²) in [6.07, 6.45) is 3.37. The predicted octanol–water partition coefficient (Wildman–Crippen LogP) is 3.51. The minimum absolute atomic E-state index is 0.0847. The highest BCUT2D eigenvalue weighted by Crippen LogP contribution is 2.20. The lowest BCUT2D eigenvalue weighted by Crippen LogP contribution is -2.32. The second-order valence-corrected chi connectivity index (χ2v) is 6.38. The molecule has 1 aromatic heterocycles. The second kappa shape index (κ2) is 8.24. The van der Waals surface area contributed by atoms with Gasteiger partial charge in [0.05, 0.1) is 17.9 Å². The van der Waals surface area contributed by atoms with Gasteiger partial charge in [-0.2, -0.15) is 0 Å². The van der Waals surface area contributed by atoms with Crippen LogP contribution in [-0.4, -0.2) is 29.1 Å². The Bertz CT molecular complexity index is 840. The number of rotatable bonds is 4. The number of anilines is 2. The number of hydrogen-bond donors (Lipinski definition) is 2. The van der Waals surface area contributed by atoms with Crippen molar-refractivity contribution in [2.24, 2.45) is 0 Å². The molecule has 0 atom stereocenters. The van der Waals surface area contributed by atoms with Gasteiger partial charge >= 0.3 is 6.03 Å². The van der Waals surface area contributed by atoms with E-state index in [0.29, 0.717) is 11.6 Å². The number of piperidine rings is 1. The van der Waals surface area contributed by atoms with Gasteiger partial charge in [0.1, 0.15) is 0 Å². The van der Waals surface area contributed by atoms with Gasteiger partial charge in [0.2, 0.25) is 5.95 Å². The number of halogens is 3. The number of amides is 2. The molecule has 3 rings (SSSR count). The minimum atomic E-state index is -1.63. The zero-order valence-corrected chi connectivity index (χ0v) is 14.9. The molecule has 1 saturated heterocycles. The Morgan fingerprint density at radius 3 is 2.59 bits per heavy atom. The smallest absolute Gasteiger partial charge is 0.319 e. The van der Waals surface area contributed by atoms with Gasteiger partial charge in [0, 0.05) is 18.8 Å². The van der Waals surface area contributed by atoms with E-state index in [4.69, 9.17) is 0 Å². The highest BCUT2D eigenvalue weighted by atomic mass is 19.2. The van der Waals surface area contributed by atoms with Crippen LogP contribution in [0, 0.1) is 24.4 Å². The van der Waals surface area contributed by atoms with E-state index < -0.39 is 29.2 Å². The molecule has 2 aromatic rings. The summed E-state index contributed by atoms with van der Waals surface area (Å²) in [6, 6.07) is 2.69. The highest BCUT2D eigenvalue weighted by Gasteiger charge is 2.16. The summed E-state index contributed by atoms with van der Waals surface area (Å²) in [5, 5.41) is 4.68. The van der Waals surface area contributed by atoms with Gasteiger partial charge < -0.3 is 15.5 Å². The number of nitrogens with one attached hydrogen (secondary N) is 2. The number of benzene rings is 1. The number of carbonyl (C=O) groups excluding carboxylic acids is 1. The van der Waals surface area contributed by atoms with Crippen LogP contribution in [0.2, 0.25) is 0 Å². The Kier molecular flexibility index (Phi) is 5.78. The first-order valence-corrected chi connectivity index (χ1v) is 8.72. The van der Waals surface area contributed by atoms with E-state index in [-0.39, 0.29) is 6.54 Å². The number of hydrogen-bond acceptors (Lipinski definition) is 4. The Morgan fingerprint density at radius 1 is 1.11 bits per heavy atom. The highest BCUT2D eigenvalue weighted by molar-refractivity contribution is 5.89. The molecule has 2 amide bonds. The van der Waals surface area contributed by atoms with Crippen molar-refractivity contribution >= 4 is 17.7 Å². The van der Waals surface area contributed by atoms with Gasteiger partial charge in [-0.3, -0.25) is 0 Å². The van der Waals surface area contributed by atoms with E-state index in [9.17, 15) is 18.0 Å². The predicted molar refractivity (Wildman–Crippen MR) is 95.0 cm³/mol. The van der Waals surface area contributed by atoms with Crippen molar-refractivity contribution < 1.29 is 18.0 Å². The van der Waals surface area contributed by atoms with Crippen LogP contribution >= 0.6 is 0 Å². The third-order valence-electron chi connectivity index (χ3n) is 4.25. The Balaban J connectivity index is 1.63. The van der Waals surface area contributed by atoms with E-state index in [1.54, 1.807) is 6.07 Å². The lowest BCUT2D eigenvalue weighted by molar-refractivity contribution is 0.251. The summed E-state index contributed by atoms with van der Waals surface area (Å²) in [6.45, 7) is 3.72. The summed E-state index contributed by atoms with van der Waals surface area (Å²) in [4.78, 5) is 23.0. The fraction of sp³-hybridized carbons (Fsp3) is 0.389. The topological polar surface area (TPSA) is 70.2 Å². The monoisotopic (exact) mass is 379 g/mol. The van der Waals surface area contributed by atoms with Crippen LogP contribution in [-0.2, 0) is 6.54 Å². The SMILES string of the molecule is Cc1cc(CNC(=O)Nc2ccc(F)c(F)c2F)nc(N2CCCCC2)n1. The molecule has 144 valence electrons. The van der Waals surface area contributed by atoms with Crippen molar-refractivity contribution in [2.45, 2.75) is 32.7 Å². The molecular weight excluding hydrogens is 359 g/mol. The lowest BCUT2D eigenvalue weighted by atomic mass is 10.1. The van der Waals surface area contributed by atoms with Gasteiger partial charge in [-0.15, -0.1) is 0 Å². The number of nitrogens with zero attached hydrogens (tertiary/aromatic N) is 3. The number of carbonyl (C=O) groups is 1. The van der Waals surface area contributed by atoms with E-state index in [0.717, 1.165) is 43.8 Å². The Hall–Kier alpha value is -2.84. The van der Waals surface area contributed by atoms with Gasteiger partial charge in [-0.1, -0.05) is 0 Å². The lowest BCUT2D eigenvalue weighted by Gasteiger charge is -2.27. The summed E-state index contributed by atoms with van der Waals surface area (Å²) >= 11 is 0. The normalized spacial score (nSPS) is 14.1. The van der Waals surface area contributed by atoms with E-state index in [1.165, 1.54) is 6.42 Å². The van der Waals surface area contributed by atoms with Crippen molar-refractivity contribution in [1.82, 2.24) is 15.3 Å². The average molecular weight is 379 g/mol. The summed E-state index contributed by atoms with van der Waals surface area (Å²) in [5.41, 5.74) is 0.928. The number of urea groups is 1. The molecule has 1 aliphatic heterocycles. The number of aromatic nitrogens is 2. The van der Waals surface area contributed by atoms with Crippen molar-refractivity contribution in [1.29, 1.82) is 0 Å². The molecule has 1 aliphatic rings. The molecular formula is C18H20F3N5O. The third kappa shape index (κ3) is 4.66. The molecule has 1 aromatic carbocycles. The molecule has 27 heavy (non-hydrogen) atoms. The van der Waals surface area contributed by atoms with Gasteiger partial charge in [0.25, 0.3) is 0 Å². The van der Waals surface area contributed by atoms with Crippen molar-refractivity contribution in [2.75, 3.05) is 23.3 Å². The first kappa shape index (κ1) is 18.9. The summed E-state index contributed by atoms with van der Waals surface area (Å²) in [5.74, 6) is -3.78. The van der Waals surface area contributed by atoms with Crippen molar-refractivity contribution in [3.8, 4) is 0 Å². The van der Waals surface area contributed by atoms with E-state index in [1.807, 2.05) is 6.92 Å². The van der Waals surface area contributed by atoms with Crippen LogP contribution < -0.4 is 15.5 Å². The van der Waals surface area contributed by atoms with Crippen LogP contribution in [0.5, 0.6) is 0 Å². The standard InChI is InChI=1S/C18H20F3N5O/c1-11-9-12(24-17(23-11)26-7-3-2-4-8-26)10-22-18(27)25-14-6-5-13(19)15(20)16(14)21/h5-6,9H,2-4,7-8,10H2,1H3,(H2,22,25,27). The zero-order valence-electron chi connectivity index (χ0n) is 14.9. The van der Waals surface area contributed by atoms with E-state index >= 15 is 0 Å². The van der Waals surface area contributed by atoms with Crippen LogP contribution in [0.4, 0.5) is 29.6 Å². The minimum Gasteiger partial charge on any atom is -0.341 e. The molecule has 6 nitrogen and oxygen atoms in total. The maximum atomic E-state index is 13.6. The maximum Gasteiger partial charge on any atom is 0.319 e. The van der Waals surface area contributed by atoms with Crippen molar-refractivity contribution in [3.63, 3.8) is 0 Å². The molecule has 0 radical (unpaired) electrons. The molecule has 0 aliphatic carbocycles. The second-order valence-electron chi connectivity index (χ2n) is 6.38. The molecule has 0 saturated carbocycles. The van der Waals surface area contributed by atoms with E-state index in [2.05, 4.69) is 25.5 Å². The largest absolute Gasteiger partial charge is 0.341 e. The fourth-order valence-electron chi connectivity index (χ4n) is 2.90. The number of aryl methyl sites for hydroxylation is 1. The van der Waals surface area contributed by atoms with Gasteiger partial charge in [0.15, 0.2) is 17.5 Å². The fourth-order valence-corrected chi connectivity index (χ4v) is 2.90. The first-order valence-electron chi connectivity index (χ1n) is 8.72. The van der Waals surface area contributed by atoms with Crippen molar-refractivity contribution in [3.05, 3.63) is 47.0 Å². The van der Waals surface area contributed by atoms with Crippen LogP contribution in [0.1, 0.15) is 30.7 Å². The summed E-state index contributed by atoms with van der Waals surface area (Å²) in [7, 11) is 0. The van der Waals surface area contributed by atoms with Crippen LogP contribution in [0.15, 0.2) is 18.2 Å². The summed E-state index contributed by atoms with van der Waals surface area (Å²) < 4.78 is 39.8. The third-order valence-corrected chi connectivity index (χ3v) is 4.25. The molecule has 0 spiro atoms. The molecule has 0 unspecified atom stereocenters. The quantitative estimate of drug-likeness (QED) is 0.798. The van der Waals surface area contributed by atoms with Crippen LogP contribution in [0.25, 0.3) is 0 Å². The van der Waals surface area contributed by atoms with Gasteiger partial charge in [-0.25, -0.2) is 27.9 Å². The first-order chi connectivity index (χ1) is 12.9. The molecule has 2 heterocycles. The Morgan fingerprint density at radius 2 is 1.85 bits per heavy atom.